The van der Waals surface area contributed by atoms with E-state index in [-0.39, 0.29) is 28.9 Å². The monoisotopic (exact) mass is 527 g/mol. The Labute approximate surface area is 195 Å². The second-order valence-corrected chi connectivity index (χ2v) is 10.9. The summed E-state index contributed by atoms with van der Waals surface area (Å²) in [6.07, 6.45) is 8.42. The van der Waals surface area contributed by atoms with Crippen molar-refractivity contribution in [2.45, 2.75) is 96.4 Å². The van der Waals surface area contributed by atoms with Crippen molar-refractivity contribution in [3.8, 4) is 11.5 Å². The topological polar surface area (TPSA) is 89.2 Å². The fraction of sp³-hybridized carbons (Fsp3) is 0.750. The lowest BCUT2D eigenvalue weighted by molar-refractivity contribution is 0.214. The van der Waals surface area contributed by atoms with Gasteiger partial charge in [-0.1, -0.05) is 74.7 Å². The van der Waals surface area contributed by atoms with Crippen LogP contribution in [0.3, 0.4) is 0 Å². The number of aromatic hydroxyl groups is 2. The summed E-state index contributed by atoms with van der Waals surface area (Å²) >= 11 is 2.43. The molecule has 0 bridgehead atoms. The van der Waals surface area contributed by atoms with Crippen LogP contribution in [0.5, 0.6) is 11.5 Å². The highest BCUT2D eigenvalue weighted by atomic mass is 127. The summed E-state index contributed by atoms with van der Waals surface area (Å²) < 4.78 is 1.21. The molecule has 0 spiro atoms. The molecule has 6 heteroatoms. The Hall–Kier alpha value is -1.14. The number of hydrogen-bond donors (Lipinski definition) is 2. The number of phenols is 2. The van der Waals surface area contributed by atoms with Crippen molar-refractivity contribution in [3.05, 3.63) is 33.7 Å². The number of alkyl halides is 1. The molecule has 168 valence electrons. The summed E-state index contributed by atoms with van der Waals surface area (Å²) in [6, 6.07) is 3.63. The number of nitrogens with zero attached hydrogens (tertiary/aromatic N) is 3. The number of azide groups is 1. The highest BCUT2D eigenvalue weighted by molar-refractivity contribution is 14.1. The van der Waals surface area contributed by atoms with Gasteiger partial charge in [0.15, 0.2) is 0 Å². The minimum atomic E-state index is -0.102. The van der Waals surface area contributed by atoms with E-state index in [0.29, 0.717) is 23.8 Å². The standard InChI is InChI=1S/C24H38IN3O2/c1-16(2)19-10-9-18(27-28-26)15-20(19)23-21(29)13-17(14-22(23)30)24(3,4)11-7-5-6-8-12-25/h13-14,16,18-20,29-30H,5-12,15H2,1-4H3/t18-,19+,20-/m1/s1. The minimum Gasteiger partial charge on any atom is -0.508 e. The molecule has 0 unspecified atom stereocenters. The van der Waals surface area contributed by atoms with Gasteiger partial charge in [0.1, 0.15) is 11.5 Å². The average Bonchev–Trinajstić information content (AvgIpc) is 2.67. The highest BCUT2D eigenvalue weighted by Crippen LogP contribution is 2.49. The van der Waals surface area contributed by atoms with Gasteiger partial charge in [-0.15, -0.1) is 0 Å². The van der Waals surface area contributed by atoms with E-state index in [9.17, 15) is 10.2 Å². The molecule has 0 aromatic heterocycles. The molecule has 1 aromatic carbocycles. The molecule has 1 aliphatic carbocycles. The van der Waals surface area contributed by atoms with Crippen molar-refractivity contribution < 1.29 is 10.2 Å². The number of benzene rings is 1. The molecule has 3 atom stereocenters. The summed E-state index contributed by atoms with van der Waals surface area (Å²) in [5.74, 6) is 1.14. The Morgan fingerprint density at radius 3 is 2.33 bits per heavy atom. The van der Waals surface area contributed by atoms with E-state index in [1.54, 1.807) is 0 Å². The molecule has 0 radical (unpaired) electrons. The molecule has 2 rings (SSSR count). The van der Waals surface area contributed by atoms with Gasteiger partial charge in [0.05, 0.1) is 0 Å². The van der Waals surface area contributed by atoms with E-state index in [2.05, 4.69) is 60.3 Å². The molecule has 0 amide bonds. The van der Waals surface area contributed by atoms with Gasteiger partial charge >= 0.3 is 0 Å². The summed E-state index contributed by atoms with van der Waals surface area (Å²) in [4.78, 5) is 3.00. The highest BCUT2D eigenvalue weighted by Gasteiger charge is 2.36. The van der Waals surface area contributed by atoms with Crippen LogP contribution >= 0.6 is 22.6 Å². The maximum atomic E-state index is 11.0. The zero-order chi connectivity index (χ0) is 22.3. The molecule has 0 heterocycles. The smallest absolute Gasteiger partial charge is 0.123 e. The van der Waals surface area contributed by atoms with Crippen LogP contribution < -0.4 is 0 Å². The van der Waals surface area contributed by atoms with Gasteiger partial charge in [-0.2, -0.15) is 0 Å². The Bertz CT molecular complexity index is 721. The molecular formula is C24H38IN3O2. The van der Waals surface area contributed by atoms with E-state index in [0.717, 1.165) is 31.2 Å². The molecule has 1 saturated carbocycles. The van der Waals surface area contributed by atoms with Gasteiger partial charge in [-0.25, -0.2) is 0 Å². The van der Waals surface area contributed by atoms with Crippen molar-refractivity contribution in [2.24, 2.45) is 17.0 Å². The van der Waals surface area contributed by atoms with Gasteiger partial charge < -0.3 is 10.2 Å². The van der Waals surface area contributed by atoms with Crippen molar-refractivity contribution in [1.82, 2.24) is 0 Å². The van der Waals surface area contributed by atoms with Crippen molar-refractivity contribution in [1.29, 1.82) is 0 Å². The third kappa shape index (κ3) is 6.43. The van der Waals surface area contributed by atoms with Crippen LogP contribution in [0.4, 0.5) is 0 Å². The van der Waals surface area contributed by atoms with Crippen LogP contribution in [0.2, 0.25) is 0 Å². The maximum Gasteiger partial charge on any atom is 0.123 e. The number of hydrogen-bond acceptors (Lipinski definition) is 3. The minimum absolute atomic E-state index is 0.000288. The Balaban J connectivity index is 2.26. The normalized spacial score (nSPS) is 22.1. The first-order chi connectivity index (χ1) is 14.2. The summed E-state index contributed by atoms with van der Waals surface area (Å²) in [5, 5.41) is 25.9. The fourth-order valence-electron chi connectivity index (χ4n) is 5.03. The fourth-order valence-corrected chi connectivity index (χ4v) is 5.57. The third-order valence-electron chi connectivity index (χ3n) is 6.92. The molecule has 1 fully saturated rings. The summed E-state index contributed by atoms with van der Waals surface area (Å²) in [7, 11) is 0. The van der Waals surface area contributed by atoms with E-state index >= 15 is 0 Å². The Morgan fingerprint density at radius 2 is 1.77 bits per heavy atom. The van der Waals surface area contributed by atoms with E-state index < -0.39 is 0 Å². The predicted molar refractivity (Wildman–Crippen MR) is 133 cm³/mol. The molecule has 5 nitrogen and oxygen atoms in total. The number of halogens is 1. The molecule has 0 aliphatic heterocycles. The Morgan fingerprint density at radius 1 is 1.13 bits per heavy atom. The summed E-state index contributed by atoms with van der Waals surface area (Å²) in [6.45, 7) is 8.76. The van der Waals surface area contributed by atoms with Crippen molar-refractivity contribution in [3.63, 3.8) is 0 Å². The van der Waals surface area contributed by atoms with Crippen LogP contribution in [-0.4, -0.2) is 20.7 Å². The van der Waals surface area contributed by atoms with Crippen LogP contribution in [0.1, 0.15) is 96.1 Å². The van der Waals surface area contributed by atoms with Gasteiger partial charge in [0.25, 0.3) is 0 Å². The van der Waals surface area contributed by atoms with E-state index in [1.165, 1.54) is 23.7 Å². The number of phenolic OH excluding ortho intramolecular Hbond substituents is 2. The molecule has 30 heavy (non-hydrogen) atoms. The molecule has 1 aliphatic rings. The predicted octanol–water partition coefficient (Wildman–Crippen LogP) is 7.98. The first-order valence-corrected chi connectivity index (χ1v) is 12.9. The lowest BCUT2D eigenvalue weighted by atomic mass is 9.68. The first kappa shape index (κ1) is 25.1. The lowest BCUT2D eigenvalue weighted by Gasteiger charge is -2.38. The van der Waals surface area contributed by atoms with Gasteiger partial charge in [-0.3, -0.25) is 0 Å². The van der Waals surface area contributed by atoms with Crippen LogP contribution in [0, 0.1) is 11.8 Å². The lowest BCUT2D eigenvalue weighted by Crippen LogP contribution is -2.29. The van der Waals surface area contributed by atoms with E-state index in [1.807, 2.05) is 12.1 Å². The SMILES string of the molecule is CC(C)[C@@H]1CC[C@@H](N=[N+]=[N-])C[C@H]1c1c(O)cc(C(C)(C)CCCCCCI)cc1O. The molecule has 2 N–H and O–H groups in total. The van der Waals surface area contributed by atoms with Gasteiger partial charge in [0.2, 0.25) is 0 Å². The van der Waals surface area contributed by atoms with Crippen LogP contribution in [0.25, 0.3) is 10.4 Å². The zero-order valence-electron chi connectivity index (χ0n) is 18.9. The first-order valence-electron chi connectivity index (χ1n) is 11.4. The maximum absolute atomic E-state index is 11.0. The number of rotatable bonds is 10. The Kier molecular flexibility index (Phi) is 9.61. The largest absolute Gasteiger partial charge is 0.508 e. The van der Waals surface area contributed by atoms with Crippen molar-refractivity contribution >= 4 is 22.6 Å². The average molecular weight is 527 g/mol. The number of unbranched alkanes of at least 4 members (excludes halogenated alkanes) is 3. The molecule has 1 aromatic rings. The summed E-state index contributed by atoms with van der Waals surface area (Å²) in [5.41, 5.74) is 10.4. The van der Waals surface area contributed by atoms with Crippen molar-refractivity contribution in [2.75, 3.05) is 4.43 Å². The molecule has 0 saturated heterocycles. The van der Waals surface area contributed by atoms with Gasteiger partial charge in [-0.05, 0) is 82.9 Å². The second kappa shape index (κ2) is 11.5. The van der Waals surface area contributed by atoms with Crippen LogP contribution in [-0.2, 0) is 5.41 Å². The van der Waals surface area contributed by atoms with Gasteiger partial charge in [0, 0.05) is 16.5 Å². The molecular weight excluding hydrogens is 489 g/mol. The quantitative estimate of drug-likeness (QED) is 0.0807. The zero-order valence-corrected chi connectivity index (χ0v) is 21.1. The second-order valence-electron chi connectivity index (χ2n) is 9.85. The third-order valence-corrected chi connectivity index (χ3v) is 7.68. The van der Waals surface area contributed by atoms with E-state index in [4.69, 9.17) is 5.53 Å². The van der Waals surface area contributed by atoms with Crippen LogP contribution in [0.15, 0.2) is 17.2 Å².